The van der Waals surface area contributed by atoms with Crippen LogP contribution in [0.4, 0.5) is 0 Å². The number of aryl methyl sites for hydroxylation is 1. The molecule has 0 radical (unpaired) electrons. The van der Waals surface area contributed by atoms with Crippen molar-refractivity contribution in [2.24, 2.45) is 0 Å². The summed E-state index contributed by atoms with van der Waals surface area (Å²) in [6.45, 7) is 4.21. The predicted molar refractivity (Wildman–Crippen MR) is 123 cm³/mol. The second kappa shape index (κ2) is 8.58. The first-order valence-corrected chi connectivity index (χ1v) is 11.1. The maximum atomic E-state index is 12.9. The van der Waals surface area contributed by atoms with E-state index in [0.717, 1.165) is 22.0 Å². The van der Waals surface area contributed by atoms with Gasteiger partial charge in [0.1, 0.15) is 17.6 Å². The summed E-state index contributed by atoms with van der Waals surface area (Å²) in [6, 6.07) is 12.9. The lowest BCUT2D eigenvalue weighted by Gasteiger charge is -2.30. The lowest BCUT2D eigenvalue weighted by Crippen LogP contribution is -2.49. The third-order valence-electron chi connectivity index (χ3n) is 6.29. The molecule has 2 aliphatic rings. The number of piperidine rings is 1. The van der Waals surface area contributed by atoms with Crippen molar-refractivity contribution < 1.29 is 14.4 Å². The largest absolute Gasteiger partial charge is 0.329 e. The third kappa shape index (κ3) is 4.26. The van der Waals surface area contributed by atoms with Gasteiger partial charge in [-0.15, -0.1) is 0 Å². The first-order valence-electron chi connectivity index (χ1n) is 11.1. The second-order valence-electron chi connectivity index (χ2n) is 8.63. The molecule has 1 aromatic heterocycles. The molecule has 5 rings (SSSR count). The van der Waals surface area contributed by atoms with Gasteiger partial charge < -0.3 is 10.2 Å². The zero-order chi connectivity index (χ0) is 22.9. The number of Topliss-reactive ketones (excluding diaryl/α,β-unsaturated/α-hetero) is 1. The molecule has 2 amide bonds. The standard InChI is InChI=1S/C26H24N4O3/c1-16-6-11-23(25(32)28-16)30-15-19-12-17(8-10-21(19)26(30)33)7-9-20(31)13-24-27-14-18-4-2-3-5-22(18)29-24/h2-5,8,10,12,14,23H,1,6-7,9,11,13,15H2,(H,28,32). The molecule has 1 unspecified atom stereocenters. The van der Waals surface area contributed by atoms with Crippen molar-refractivity contribution in [3.05, 3.63) is 83.5 Å². The summed E-state index contributed by atoms with van der Waals surface area (Å²) in [7, 11) is 0. The van der Waals surface area contributed by atoms with Gasteiger partial charge in [-0.05, 0) is 42.5 Å². The monoisotopic (exact) mass is 440 g/mol. The Labute approximate surface area is 191 Å². The Bertz CT molecular complexity index is 1300. The number of benzene rings is 2. The van der Waals surface area contributed by atoms with Crippen LogP contribution < -0.4 is 5.32 Å². The highest BCUT2D eigenvalue weighted by atomic mass is 16.2. The summed E-state index contributed by atoms with van der Waals surface area (Å²) in [5.41, 5.74) is 4.06. The smallest absolute Gasteiger partial charge is 0.255 e. The topological polar surface area (TPSA) is 92.3 Å². The maximum Gasteiger partial charge on any atom is 0.255 e. The molecule has 2 aliphatic heterocycles. The van der Waals surface area contributed by atoms with Crippen LogP contribution >= 0.6 is 0 Å². The summed E-state index contributed by atoms with van der Waals surface area (Å²) in [6.07, 6.45) is 4.16. The van der Waals surface area contributed by atoms with Gasteiger partial charge in [-0.1, -0.05) is 36.9 Å². The number of para-hydroxylation sites is 1. The number of amides is 2. The number of hydrogen-bond donors (Lipinski definition) is 1. The number of carbonyl (C=O) groups excluding carboxylic acids is 3. The van der Waals surface area contributed by atoms with Crippen molar-refractivity contribution in [3.8, 4) is 0 Å². The molecule has 0 saturated carbocycles. The number of nitrogens with zero attached hydrogens (tertiary/aromatic N) is 3. The van der Waals surface area contributed by atoms with Gasteiger partial charge in [-0.3, -0.25) is 14.4 Å². The number of nitrogens with one attached hydrogen (secondary N) is 1. The molecule has 3 heterocycles. The van der Waals surface area contributed by atoms with E-state index in [0.29, 0.717) is 49.3 Å². The van der Waals surface area contributed by atoms with E-state index in [9.17, 15) is 14.4 Å². The Morgan fingerprint density at radius 1 is 1.18 bits per heavy atom. The number of hydrogen-bond acceptors (Lipinski definition) is 5. The molecule has 2 aromatic carbocycles. The fourth-order valence-corrected chi connectivity index (χ4v) is 4.51. The quantitative estimate of drug-likeness (QED) is 0.636. The van der Waals surface area contributed by atoms with Gasteiger partial charge in [-0.2, -0.15) is 0 Å². The molecule has 3 aromatic rings. The van der Waals surface area contributed by atoms with Crippen LogP contribution in [0.2, 0.25) is 0 Å². The molecule has 0 spiro atoms. The van der Waals surface area contributed by atoms with Crippen LogP contribution in [0.1, 0.15) is 46.6 Å². The van der Waals surface area contributed by atoms with Crippen molar-refractivity contribution in [2.75, 3.05) is 0 Å². The summed E-state index contributed by atoms with van der Waals surface area (Å²) < 4.78 is 0. The first kappa shape index (κ1) is 21.0. The van der Waals surface area contributed by atoms with Gasteiger partial charge in [0.05, 0.1) is 11.9 Å². The van der Waals surface area contributed by atoms with Crippen LogP contribution in [-0.4, -0.2) is 38.5 Å². The van der Waals surface area contributed by atoms with Crippen molar-refractivity contribution in [2.45, 2.75) is 44.7 Å². The fraction of sp³-hybridized carbons (Fsp3) is 0.269. The van der Waals surface area contributed by atoms with Crippen LogP contribution in [0.5, 0.6) is 0 Å². The maximum absolute atomic E-state index is 12.9. The van der Waals surface area contributed by atoms with Gasteiger partial charge in [0.25, 0.3) is 5.91 Å². The molecular weight excluding hydrogens is 416 g/mol. The van der Waals surface area contributed by atoms with E-state index in [1.54, 1.807) is 11.1 Å². The van der Waals surface area contributed by atoms with Crippen molar-refractivity contribution in [1.82, 2.24) is 20.2 Å². The molecule has 7 heteroatoms. The molecule has 0 bridgehead atoms. The predicted octanol–water partition coefficient (Wildman–Crippen LogP) is 3.12. The number of aromatic nitrogens is 2. The number of ketones is 1. The summed E-state index contributed by atoms with van der Waals surface area (Å²) in [5.74, 6) is 0.313. The Morgan fingerprint density at radius 2 is 2.03 bits per heavy atom. The van der Waals surface area contributed by atoms with Crippen molar-refractivity contribution in [1.29, 1.82) is 0 Å². The van der Waals surface area contributed by atoms with E-state index in [4.69, 9.17) is 0 Å². The molecule has 166 valence electrons. The van der Waals surface area contributed by atoms with E-state index in [1.165, 1.54) is 0 Å². The Morgan fingerprint density at radius 3 is 2.88 bits per heavy atom. The molecule has 7 nitrogen and oxygen atoms in total. The highest BCUT2D eigenvalue weighted by Gasteiger charge is 2.38. The average molecular weight is 441 g/mol. The molecule has 1 N–H and O–H groups in total. The van der Waals surface area contributed by atoms with Crippen LogP contribution in [0.3, 0.4) is 0 Å². The lowest BCUT2D eigenvalue weighted by atomic mass is 10.0. The number of carbonyl (C=O) groups is 3. The Kier molecular flexibility index (Phi) is 5.46. The summed E-state index contributed by atoms with van der Waals surface area (Å²) >= 11 is 0. The zero-order valence-corrected chi connectivity index (χ0v) is 18.2. The average Bonchev–Trinajstić information content (AvgIpc) is 3.13. The Balaban J connectivity index is 1.21. The number of allylic oxidation sites excluding steroid dienone is 1. The molecule has 33 heavy (non-hydrogen) atoms. The minimum atomic E-state index is -0.470. The molecule has 1 fully saturated rings. The van der Waals surface area contributed by atoms with E-state index >= 15 is 0 Å². The first-order chi connectivity index (χ1) is 16.0. The number of fused-ring (bicyclic) bond motifs is 2. The van der Waals surface area contributed by atoms with Gasteiger partial charge in [-0.25, -0.2) is 9.97 Å². The van der Waals surface area contributed by atoms with Crippen LogP contribution in [-0.2, 0) is 29.0 Å². The van der Waals surface area contributed by atoms with E-state index in [1.807, 2.05) is 42.5 Å². The minimum absolute atomic E-state index is 0.0718. The van der Waals surface area contributed by atoms with Gasteiger partial charge in [0.15, 0.2) is 0 Å². The number of rotatable bonds is 6. The third-order valence-corrected chi connectivity index (χ3v) is 6.29. The highest BCUT2D eigenvalue weighted by molar-refractivity contribution is 6.01. The van der Waals surface area contributed by atoms with Crippen LogP contribution in [0.15, 0.2) is 60.9 Å². The molecule has 0 aliphatic carbocycles. The molecular formula is C26H24N4O3. The molecule has 1 saturated heterocycles. The SMILES string of the molecule is C=C1CCC(N2Cc3cc(CCC(=O)Cc4ncc5ccccc5n4)ccc3C2=O)C(=O)N1. The van der Waals surface area contributed by atoms with Gasteiger partial charge >= 0.3 is 0 Å². The van der Waals surface area contributed by atoms with E-state index < -0.39 is 6.04 Å². The fourth-order valence-electron chi connectivity index (χ4n) is 4.51. The van der Waals surface area contributed by atoms with Crippen LogP contribution in [0, 0.1) is 0 Å². The van der Waals surface area contributed by atoms with Crippen molar-refractivity contribution in [3.63, 3.8) is 0 Å². The summed E-state index contributed by atoms with van der Waals surface area (Å²) in [4.78, 5) is 48.2. The molecule has 1 atom stereocenters. The van der Waals surface area contributed by atoms with Crippen molar-refractivity contribution >= 4 is 28.5 Å². The van der Waals surface area contributed by atoms with E-state index in [-0.39, 0.29) is 24.0 Å². The van der Waals surface area contributed by atoms with Gasteiger partial charge in [0.2, 0.25) is 5.91 Å². The van der Waals surface area contributed by atoms with Crippen LogP contribution in [0.25, 0.3) is 10.9 Å². The Hall–Kier alpha value is -3.87. The summed E-state index contributed by atoms with van der Waals surface area (Å²) in [5, 5.41) is 3.70. The lowest BCUT2D eigenvalue weighted by molar-refractivity contribution is -0.126. The minimum Gasteiger partial charge on any atom is -0.329 e. The van der Waals surface area contributed by atoms with E-state index in [2.05, 4.69) is 21.9 Å². The second-order valence-corrected chi connectivity index (χ2v) is 8.63. The highest BCUT2D eigenvalue weighted by Crippen LogP contribution is 2.29. The van der Waals surface area contributed by atoms with Gasteiger partial charge in [0, 0.05) is 35.8 Å². The zero-order valence-electron chi connectivity index (χ0n) is 18.2. The normalized spacial score (nSPS) is 17.9.